The Kier molecular flexibility index (Phi) is 4.11. The number of hydrogen-bond acceptors (Lipinski definition) is 4. The fraction of sp³-hybridized carbons (Fsp3) is 0.333. The van der Waals surface area contributed by atoms with Crippen molar-refractivity contribution in [1.82, 2.24) is 4.83 Å². The quantitative estimate of drug-likeness (QED) is 0.536. The van der Waals surface area contributed by atoms with E-state index < -0.39 is 10.3 Å². The first-order valence-corrected chi connectivity index (χ1v) is 6.08. The maximum atomic E-state index is 10.4. The third-order valence-corrected chi connectivity index (χ3v) is 1.91. The van der Waals surface area contributed by atoms with Gasteiger partial charge in [-0.2, -0.15) is 8.42 Å². The lowest BCUT2D eigenvalue weighted by Gasteiger charge is -2.10. The van der Waals surface area contributed by atoms with Crippen LogP contribution in [0.3, 0.4) is 0 Å². The molecule has 1 aromatic carbocycles. The molecule has 0 saturated heterocycles. The Morgan fingerprint density at radius 3 is 2.25 bits per heavy atom. The van der Waals surface area contributed by atoms with Crippen LogP contribution in [0, 0.1) is 0 Å². The first kappa shape index (κ1) is 12.8. The molecule has 6 nitrogen and oxygen atoms in total. The van der Waals surface area contributed by atoms with Gasteiger partial charge in [-0.3, -0.25) is 4.55 Å². The molecule has 0 spiro atoms. The summed E-state index contributed by atoms with van der Waals surface area (Å²) in [6, 6.07) is 6.62. The molecule has 0 radical (unpaired) electrons. The van der Waals surface area contributed by atoms with E-state index in [1.165, 1.54) is 0 Å². The smallest absolute Gasteiger partial charge is 0.350 e. The van der Waals surface area contributed by atoms with Gasteiger partial charge in [-0.25, -0.2) is 0 Å². The van der Waals surface area contributed by atoms with E-state index in [-0.39, 0.29) is 6.10 Å². The molecule has 0 aliphatic rings. The molecule has 0 heterocycles. The number of rotatable bonds is 5. The Morgan fingerprint density at radius 2 is 1.81 bits per heavy atom. The Morgan fingerprint density at radius 1 is 1.25 bits per heavy atom. The zero-order chi connectivity index (χ0) is 12.2. The predicted octanol–water partition coefficient (Wildman–Crippen LogP) is 1.19. The first-order chi connectivity index (χ1) is 7.37. The molecule has 0 fully saturated rings. The van der Waals surface area contributed by atoms with Crippen molar-refractivity contribution in [3.8, 4) is 5.75 Å². The monoisotopic (exact) mass is 246 g/mol. The highest BCUT2D eigenvalue weighted by molar-refractivity contribution is 7.83. The largest absolute Gasteiger partial charge is 0.491 e. The number of ether oxygens (including phenoxy) is 1. The number of hydrogen-bond donors (Lipinski definition) is 3. The molecule has 90 valence electrons. The highest BCUT2D eigenvalue weighted by Gasteiger charge is 2.02. The van der Waals surface area contributed by atoms with Gasteiger partial charge < -0.3 is 10.2 Å². The van der Waals surface area contributed by atoms with E-state index in [4.69, 9.17) is 9.29 Å². The fourth-order valence-corrected chi connectivity index (χ4v) is 1.26. The summed E-state index contributed by atoms with van der Waals surface area (Å²) in [5, 5.41) is 0. The van der Waals surface area contributed by atoms with Crippen LogP contribution in [0.5, 0.6) is 5.75 Å². The average molecular weight is 246 g/mol. The SMILES string of the molecule is CC(C)Oc1ccc(NNS(=O)(=O)O)cc1. The summed E-state index contributed by atoms with van der Waals surface area (Å²) in [5.41, 5.74) is 2.82. The molecule has 0 atom stereocenters. The van der Waals surface area contributed by atoms with E-state index in [0.29, 0.717) is 11.4 Å². The maximum Gasteiger partial charge on any atom is 0.350 e. The van der Waals surface area contributed by atoms with Crippen LogP contribution >= 0.6 is 0 Å². The number of anilines is 1. The van der Waals surface area contributed by atoms with Gasteiger partial charge >= 0.3 is 10.3 Å². The van der Waals surface area contributed by atoms with Crippen LogP contribution < -0.4 is 15.0 Å². The van der Waals surface area contributed by atoms with Crippen molar-refractivity contribution in [2.75, 3.05) is 5.43 Å². The third-order valence-electron chi connectivity index (χ3n) is 1.55. The van der Waals surface area contributed by atoms with Crippen LogP contribution in [-0.2, 0) is 10.3 Å². The lowest BCUT2D eigenvalue weighted by molar-refractivity contribution is 0.242. The molecule has 0 aliphatic carbocycles. The van der Waals surface area contributed by atoms with Crippen LogP contribution in [0.15, 0.2) is 24.3 Å². The van der Waals surface area contributed by atoms with Crippen molar-refractivity contribution in [2.24, 2.45) is 0 Å². The Balaban J connectivity index is 2.58. The van der Waals surface area contributed by atoms with E-state index in [1.807, 2.05) is 13.8 Å². The van der Waals surface area contributed by atoms with Crippen LogP contribution in [-0.4, -0.2) is 19.1 Å². The molecule has 7 heteroatoms. The minimum Gasteiger partial charge on any atom is -0.491 e. The highest BCUT2D eigenvalue weighted by atomic mass is 32.2. The van der Waals surface area contributed by atoms with Gasteiger partial charge in [-0.05, 0) is 38.1 Å². The van der Waals surface area contributed by atoms with Crippen molar-refractivity contribution in [3.05, 3.63) is 24.3 Å². The summed E-state index contributed by atoms with van der Waals surface area (Å²) in [7, 11) is -4.24. The van der Waals surface area contributed by atoms with Crippen LogP contribution in [0.1, 0.15) is 13.8 Å². The molecule has 3 N–H and O–H groups in total. The summed E-state index contributed by atoms with van der Waals surface area (Å²) in [5.74, 6) is 0.687. The number of hydrazine groups is 1. The van der Waals surface area contributed by atoms with E-state index in [0.717, 1.165) is 0 Å². The second kappa shape index (κ2) is 5.15. The van der Waals surface area contributed by atoms with Crippen molar-refractivity contribution >= 4 is 16.0 Å². The lowest BCUT2D eigenvalue weighted by atomic mass is 10.3. The molecular formula is C9H14N2O4S. The molecule has 0 bridgehead atoms. The van der Waals surface area contributed by atoms with Crippen LogP contribution in [0.4, 0.5) is 5.69 Å². The third kappa shape index (κ3) is 4.96. The summed E-state index contributed by atoms with van der Waals surface area (Å²) in [4.78, 5) is 1.74. The minimum absolute atomic E-state index is 0.0785. The average Bonchev–Trinajstić information content (AvgIpc) is 2.14. The summed E-state index contributed by atoms with van der Waals surface area (Å²) in [6.45, 7) is 3.82. The Bertz CT molecular complexity index is 427. The molecule has 0 amide bonds. The van der Waals surface area contributed by atoms with Gasteiger partial charge in [-0.15, -0.1) is 4.83 Å². The van der Waals surface area contributed by atoms with E-state index >= 15 is 0 Å². The lowest BCUT2D eigenvalue weighted by Crippen LogP contribution is -2.28. The molecule has 16 heavy (non-hydrogen) atoms. The van der Waals surface area contributed by atoms with Crippen molar-refractivity contribution in [3.63, 3.8) is 0 Å². The zero-order valence-corrected chi connectivity index (χ0v) is 9.78. The highest BCUT2D eigenvalue weighted by Crippen LogP contribution is 2.16. The second-order valence-corrected chi connectivity index (χ2v) is 4.55. The van der Waals surface area contributed by atoms with E-state index in [9.17, 15) is 8.42 Å². The molecule has 0 aliphatic heterocycles. The summed E-state index contributed by atoms with van der Waals surface area (Å²) in [6.07, 6.45) is 0.0785. The topological polar surface area (TPSA) is 87.7 Å². The van der Waals surface area contributed by atoms with Gasteiger partial charge in [0, 0.05) is 0 Å². The zero-order valence-electron chi connectivity index (χ0n) is 8.97. The van der Waals surface area contributed by atoms with E-state index in [2.05, 4.69) is 5.43 Å². The van der Waals surface area contributed by atoms with Gasteiger partial charge in [0.05, 0.1) is 11.8 Å². The Hall–Kier alpha value is -1.31. The number of benzene rings is 1. The molecule has 1 aromatic rings. The van der Waals surface area contributed by atoms with Gasteiger partial charge in [0.1, 0.15) is 5.75 Å². The predicted molar refractivity (Wildman–Crippen MR) is 60.5 cm³/mol. The standard InChI is InChI=1S/C9H14N2O4S/c1-7(2)15-9-5-3-8(4-6-9)10-11-16(12,13)14/h3-7,10-11H,1-2H3,(H,12,13,14). The van der Waals surface area contributed by atoms with E-state index in [1.54, 1.807) is 29.1 Å². The van der Waals surface area contributed by atoms with Gasteiger partial charge in [-0.1, -0.05) is 0 Å². The van der Waals surface area contributed by atoms with Gasteiger partial charge in [0.15, 0.2) is 0 Å². The first-order valence-electron chi connectivity index (χ1n) is 4.64. The van der Waals surface area contributed by atoms with Gasteiger partial charge in [0.2, 0.25) is 0 Å². The van der Waals surface area contributed by atoms with Crippen molar-refractivity contribution in [2.45, 2.75) is 20.0 Å². The maximum absolute atomic E-state index is 10.4. The second-order valence-electron chi connectivity index (χ2n) is 3.39. The normalized spacial score (nSPS) is 11.5. The molecule has 0 aromatic heterocycles. The van der Waals surface area contributed by atoms with Crippen molar-refractivity contribution in [1.29, 1.82) is 0 Å². The molecule has 0 saturated carbocycles. The fourth-order valence-electron chi connectivity index (χ4n) is 1.01. The van der Waals surface area contributed by atoms with Crippen molar-refractivity contribution < 1.29 is 17.7 Å². The molecule has 0 unspecified atom stereocenters. The Labute approximate surface area is 94.5 Å². The molecule has 1 rings (SSSR count). The number of nitrogens with one attached hydrogen (secondary N) is 2. The van der Waals surface area contributed by atoms with Crippen LogP contribution in [0.25, 0.3) is 0 Å². The summed E-state index contributed by atoms with van der Waals surface area (Å²) >= 11 is 0. The van der Waals surface area contributed by atoms with Crippen LogP contribution in [0.2, 0.25) is 0 Å². The minimum atomic E-state index is -4.24. The van der Waals surface area contributed by atoms with Gasteiger partial charge in [0.25, 0.3) is 0 Å². The molecular weight excluding hydrogens is 232 g/mol. The summed E-state index contributed by atoms with van der Waals surface area (Å²) < 4.78 is 34.6.